The van der Waals surface area contributed by atoms with Gasteiger partial charge in [-0.3, -0.25) is 4.79 Å². The Labute approximate surface area is 74.5 Å². The molecule has 2 N–H and O–H groups in total. The van der Waals surface area contributed by atoms with E-state index >= 15 is 0 Å². The number of hydrogen-bond donors (Lipinski definition) is 1. The molecule has 0 saturated heterocycles. The minimum atomic E-state index is -0.261. The van der Waals surface area contributed by atoms with E-state index in [2.05, 4.69) is 6.92 Å². The fourth-order valence-electron chi connectivity index (χ4n) is 1.92. The van der Waals surface area contributed by atoms with E-state index in [-0.39, 0.29) is 17.7 Å². The molecule has 0 spiro atoms. The first-order valence-corrected chi connectivity index (χ1v) is 4.90. The average molecular weight is 169 g/mol. The molecule has 2 nitrogen and oxygen atoms in total. The van der Waals surface area contributed by atoms with Gasteiger partial charge in [0.2, 0.25) is 0 Å². The number of carbonyl (C=O) groups excluding carboxylic acids is 1. The Bertz CT molecular complexity index is 157. The summed E-state index contributed by atoms with van der Waals surface area (Å²) < 4.78 is 0. The topological polar surface area (TPSA) is 43.1 Å². The van der Waals surface area contributed by atoms with Crippen LogP contribution in [0.4, 0.5) is 0 Å². The van der Waals surface area contributed by atoms with E-state index in [1.54, 1.807) is 6.92 Å². The van der Waals surface area contributed by atoms with Crippen LogP contribution in [0.3, 0.4) is 0 Å². The second-order valence-corrected chi connectivity index (χ2v) is 4.15. The normalized spacial score (nSPS) is 32.9. The van der Waals surface area contributed by atoms with Crippen molar-refractivity contribution in [2.45, 2.75) is 45.6 Å². The summed E-state index contributed by atoms with van der Waals surface area (Å²) in [4.78, 5) is 11.5. The molecule has 1 fully saturated rings. The molecule has 1 saturated carbocycles. The minimum Gasteiger partial charge on any atom is -0.322 e. The standard InChI is InChI=1S/C10H19NO/c1-7-3-5-9(6-4-7)10(12)8(2)11/h7-9H,3-6,11H2,1-2H3. The van der Waals surface area contributed by atoms with Gasteiger partial charge in [0.15, 0.2) is 5.78 Å². The van der Waals surface area contributed by atoms with Crippen molar-refractivity contribution in [1.82, 2.24) is 0 Å². The maximum Gasteiger partial charge on any atom is 0.152 e. The molecular weight excluding hydrogens is 150 g/mol. The van der Waals surface area contributed by atoms with Gasteiger partial charge in [-0.2, -0.15) is 0 Å². The molecule has 1 rings (SSSR count). The molecule has 1 aliphatic rings. The largest absolute Gasteiger partial charge is 0.322 e. The van der Waals surface area contributed by atoms with E-state index in [0.29, 0.717) is 0 Å². The molecular formula is C10H19NO. The maximum absolute atomic E-state index is 11.5. The highest BCUT2D eigenvalue weighted by Gasteiger charge is 2.25. The summed E-state index contributed by atoms with van der Waals surface area (Å²) in [6.45, 7) is 4.05. The molecule has 2 heteroatoms. The lowest BCUT2D eigenvalue weighted by molar-refractivity contribution is -0.124. The first-order chi connectivity index (χ1) is 5.61. The van der Waals surface area contributed by atoms with Crippen molar-refractivity contribution in [3.63, 3.8) is 0 Å². The zero-order chi connectivity index (χ0) is 9.14. The van der Waals surface area contributed by atoms with Crippen molar-refractivity contribution >= 4 is 5.78 Å². The molecule has 0 aromatic heterocycles. The summed E-state index contributed by atoms with van der Waals surface area (Å²) in [6, 6.07) is -0.261. The van der Waals surface area contributed by atoms with Gasteiger partial charge in [0.05, 0.1) is 6.04 Å². The molecule has 0 bridgehead atoms. The van der Waals surface area contributed by atoms with E-state index in [4.69, 9.17) is 5.73 Å². The fourth-order valence-corrected chi connectivity index (χ4v) is 1.92. The quantitative estimate of drug-likeness (QED) is 0.684. The highest BCUT2D eigenvalue weighted by molar-refractivity contribution is 5.85. The summed E-state index contributed by atoms with van der Waals surface area (Å²) in [7, 11) is 0. The number of hydrogen-bond acceptors (Lipinski definition) is 2. The number of ketones is 1. The highest BCUT2D eigenvalue weighted by atomic mass is 16.1. The predicted molar refractivity (Wildman–Crippen MR) is 49.8 cm³/mol. The van der Waals surface area contributed by atoms with Crippen molar-refractivity contribution in [2.75, 3.05) is 0 Å². The highest BCUT2D eigenvalue weighted by Crippen LogP contribution is 2.29. The van der Waals surface area contributed by atoms with Crippen molar-refractivity contribution in [2.24, 2.45) is 17.6 Å². The third-order valence-electron chi connectivity index (χ3n) is 2.87. The smallest absolute Gasteiger partial charge is 0.152 e. The SMILES string of the molecule is CC1CCC(C(=O)C(C)N)CC1. The first kappa shape index (κ1) is 9.72. The molecule has 1 aliphatic carbocycles. The van der Waals surface area contributed by atoms with Gasteiger partial charge in [-0.1, -0.05) is 19.8 Å². The summed E-state index contributed by atoms with van der Waals surface area (Å²) >= 11 is 0. The van der Waals surface area contributed by atoms with Crippen LogP contribution in [0, 0.1) is 11.8 Å². The second kappa shape index (κ2) is 4.04. The lowest BCUT2D eigenvalue weighted by atomic mass is 9.79. The Morgan fingerprint density at radius 3 is 2.25 bits per heavy atom. The Morgan fingerprint density at radius 2 is 1.83 bits per heavy atom. The van der Waals surface area contributed by atoms with Gasteiger partial charge in [0.1, 0.15) is 0 Å². The van der Waals surface area contributed by atoms with E-state index in [1.807, 2.05) is 0 Å². The third-order valence-corrected chi connectivity index (χ3v) is 2.87. The first-order valence-electron chi connectivity index (χ1n) is 4.90. The molecule has 70 valence electrons. The Morgan fingerprint density at radius 1 is 1.33 bits per heavy atom. The second-order valence-electron chi connectivity index (χ2n) is 4.15. The summed E-state index contributed by atoms with van der Waals surface area (Å²) in [5.41, 5.74) is 5.55. The van der Waals surface area contributed by atoms with Crippen molar-refractivity contribution < 1.29 is 4.79 Å². The van der Waals surface area contributed by atoms with Crippen molar-refractivity contribution in [3.8, 4) is 0 Å². The number of nitrogens with two attached hydrogens (primary N) is 1. The van der Waals surface area contributed by atoms with Gasteiger partial charge >= 0.3 is 0 Å². The molecule has 0 aromatic carbocycles. The van der Waals surface area contributed by atoms with Crippen LogP contribution in [0.5, 0.6) is 0 Å². The van der Waals surface area contributed by atoms with Crippen LogP contribution in [0.2, 0.25) is 0 Å². The van der Waals surface area contributed by atoms with Crippen LogP contribution in [0.15, 0.2) is 0 Å². The van der Waals surface area contributed by atoms with Crippen molar-refractivity contribution in [3.05, 3.63) is 0 Å². The monoisotopic (exact) mass is 169 g/mol. The van der Waals surface area contributed by atoms with Crippen LogP contribution in [0.1, 0.15) is 39.5 Å². The minimum absolute atomic E-state index is 0.261. The van der Waals surface area contributed by atoms with Crippen LogP contribution >= 0.6 is 0 Å². The van der Waals surface area contributed by atoms with Gasteiger partial charge in [-0.15, -0.1) is 0 Å². The molecule has 0 aromatic rings. The Hall–Kier alpha value is -0.370. The van der Waals surface area contributed by atoms with E-state index < -0.39 is 0 Å². The van der Waals surface area contributed by atoms with Crippen LogP contribution in [-0.4, -0.2) is 11.8 Å². The van der Waals surface area contributed by atoms with Gasteiger partial charge in [-0.05, 0) is 25.7 Å². The Balaban J connectivity index is 2.39. The van der Waals surface area contributed by atoms with Gasteiger partial charge in [0, 0.05) is 5.92 Å². The number of Topliss-reactive ketones (excluding diaryl/α,β-unsaturated/α-hetero) is 1. The van der Waals surface area contributed by atoms with Crippen LogP contribution < -0.4 is 5.73 Å². The zero-order valence-corrected chi connectivity index (χ0v) is 8.05. The van der Waals surface area contributed by atoms with E-state index in [1.165, 1.54) is 12.8 Å². The molecule has 0 aliphatic heterocycles. The summed E-state index contributed by atoms with van der Waals surface area (Å²) in [5.74, 6) is 1.34. The Kier molecular flexibility index (Phi) is 3.27. The molecule has 0 amide bonds. The van der Waals surface area contributed by atoms with Crippen LogP contribution in [0.25, 0.3) is 0 Å². The van der Waals surface area contributed by atoms with E-state index in [0.717, 1.165) is 18.8 Å². The lowest BCUT2D eigenvalue weighted by Gasteiger charge is -2.26. The van der Waals surface area contributed by atoms with E-state index in [9.17, 15) is 4.79 Å². The number of carbonyl (C=O) groups is 1. The molecule has 0 radical (unpaired) electrons. The van der Waals surface area contributed by atoms with Crippen molar-refractivity contribution in [1.29, 1.82) is 0 Å². The molecule has 1 unspecified atom stereocenters. The van der Waals surface area contributed by atoms with Gasteiger partial charge < -0.3 is 5.73 Å². The number of rotatable bonds is 2. The van der Waals surface area contributed by atoms with Crippen LogP contribution in [-0.2, 0) is 4.79 Å². The third kappa shape index (κ3) is 2.31. The average Bonchev–Trinajstić information content (AvgIpc) is 2.04. The van der Waals surface area contributed by atoms with Gasteiger partial charge in [0.25, 0.3) is 0 Å². The predicted octanol–water partition coefficient (Wildman–Crippen LogP) is 1.73. The molecule has 12 heavy (non-hydrogen) atoms. The summed E-state index contributed by atoms with van der Waals surface area (Å²) in [6.07, 6.45) is 4.51. The fraction of sp³-hybridized carbons (Fsp3) is 0.900. The lowest BCUT2D eigenvalue weighted by Crippen LogP contribution is -2.34. The molecule has 0 heterocycles. The molecule has 1 atom stereocenters. The summed E-state index contributed by atoms with van der Waals surface area (Å²) in [5, 5.41) is 0. The maximum atomic E-state index is 11.5. The van der Waals surface area contributed by atoms with Gasteiger partial charge in [-0.25, -0.2) is 0 Å². The zero-order valence-electron chi connectivity index (χ0n) is 8.05.